The Morgan fingerprint density at radius 3 is 1.84 bits per heavy atom. The molecule has 268 valence electrons. The highest BCUT2D eigenvalue weighted by atomic mass is 16.3. The third-order valence-electron chi connectivity index (χ3n) is 11.4. The van der Waals surface area contributed by atoms with Crippen molar-refractivity contribution >= 4 is 71.1 Å². The molecule has 0 spiro atoms. The van der Waals surface area contributed by atoms with Crippen molar-refractivity contribution in [3.63, 3.8) is 0 Å². The maximum atomic E-state index is 6.19. The molecule has 0 bridgehead atoms. The number of hydrogen-bond donors (Lipinski definition) is 0. The molecule has 0 aliphatic heterocycles. The number of benzene rings is 8. The quantitative estimate of drug-likeness (QED) is 0.150. The fourth-order valence-corrected chi connectivity index (χ4v) is 8.89. The van der Waals surface area contributed by atoms with E-state index >= 15 is 0 Å². The van der Waals surface area contributed by atoms with E-state index in [9.17, 15) is 0 Å². The van der Waals surface area contributed by atoms with Gasteiger partial charge in [0.25, 0.3) is 0 Å². The van der Waals surface area contributed by atoms with E-state index in [-0.39, 0.29) is 0 Å². The molecule has 0 N–H and O–H groups in total. The Bertz CT molecular complexity index is 3430. The van der Waals surface area contributed by atoms with Crippen LogP contribution >= 0.6 is 0 Å². The van der Waals surface area contributed by atoms with E-state index in [1.165, 1.54) is 54.8 Å². The van der Waals surface area contributed by atoms with Crippen LogP contribution < -0.4 is 0 Å². The zero-order chi connectivity index (χ0) is 38.0. The van der Waals surface area contributed by atoms with Crippen LogP contribution in [0.3, 0.4) is 0 Å². The molecule has 0 atom stereocenters. The number of aromatic nitrogens is 2. The fourth-order valence-electron chi connectivity index (χ4n) is 8.89. The van der Waals surface area contributed by atoms with E-state index in [1.54, 1.807) is 0 Å². The topological polar surface area (TPSA) is 23.0 Å². The smallest absolute Gasteiger partial charge is 0.135 e. The molecular weight excluding hydrogens is 693 g/mol. The zero-order valence-corrected chi connectivity index (χ0v) is 31.2. The molecule has 11 rings (SSSR count). The molecule has 3 heterocycles. The van der Waals surface area contributed by atoms with E-state index in [0.717, 1.165) is 55.5 Å². The number of fused-ring (bicyclic) bond motifs is 9. The van der Waals surface area contributed by atoms with Gasteiger partial charge in [0.1, 0.15) is 11.2 Å². The van der Waals surface area contributed by atoms with Gasteiger partial charge in [-0.2, -0.15) is 0 Å². The maximum absolute atomic E-state index is 6.19. The van der Waals surface area contributed by atoms with E-state index in [4.69, 9.17) is 4.42 Å². The van der Waals surface area contributed by atoms with Crippen LogP contribution in [0.25, 0.3) is 105 Å². The Balaban J connectivity index is 1.15. The molecule has 0 aliphatic carbocycles. The highest BCUT2D eigenvalue weighted by molar-refractivity contribution is 6.18. The van der Waals surface area contributed by atoms with Gasteiger partial charge in [0, 0.05) is 43.7 Å². The summed E-state index contributed by atoms with van der Waals surface area (Å²) in [5, 5.41) is 7.10. The van der Waals surface area contributed by atoms with Crippen molar-refractivity contribution in [1.82, 2.24) is 9.13 Å². The number of nitrogens with zero attached hydrogens (tertiary/aromatic N) is 2. The lowest BCUT2D eigenvalue weighted by molar-refractivity contribution is 0.669. The summed E-state index contributed by atoms with van der Waals surface area (Å²) in [7, 11) is 0. The molecule has 0 amide bonds. The lowest BCUT2D eigenvalue weighted by atomic mass is 9.93. The minimum atomic E-state index is 0.896. The molecule has 3 aromatic heterocycles. The Morgan fingerprint density at radius 2 is 1.07 bits per heavy atom. The Hall–Kier alpha value is -7.62. The summed E-state index contributed by atoms with van der Waals surface area (Å²) < 4.78 is 11.0. The average molecular weight is 729 g/mol. The summed E-state index contributed by atoms with van der Waals surface area (Å²) in [6.07, 6.45) is 5.77. The second kappa shape index (κ2) is 13.0. The summed E-state index contributed by atoms with van der Waals surface area (Å²) in [5.74, 6) is 0. The van der Waals surface area contributed by atoms with Gasteiger partial charge in [-0.1, -0.05) is 128 Å². The van der Waals surface area contributed by atoms with E-state index < -0.39 is 0 Å². The van der Waals surface area contributed by atoms with Gasteiger partial charge >= 0.3 is 0 Å². The van der Waals surface area contributed by atoms with Crippen LogP contribution in [0, 0.1) is 0 Å². The first-order valence-electron chi connectivity index (χ1n) is 19.3. The molecule has 0 radical (unpaired) electrons. The van der Waals surface area contributed by atoms with Gasteiger partial charge in [-0.05, 0) is 112 Å². The van der Waals surface area contributed by atoms with Gasteiger partial charge < -0.3 is 13.6 Å². The van der Waals surface area contributed by atoms with Gasteiger partial charge in [0.05, 0.1) is 22.1 Å². The standard InChI is InChI=1S/C54H36N2O/c1-3-15-35(4-2)39-32-44(36-16-7-5-8-17-36)54-47-31-38(25-28-50(47)55(51(54)33-39)40-18-9-6-10-19-40)37-24-27-49-45(30-37)42-20-11-13-22-48(42)56(49)41-26-29-53-46(34-41)43-21-12-14-23-52(43)57-53/h3-34H,1-2H2/b35-15+. The Morgan fingerprint density at radius 1 is 0.439 bits per heavy atom. The highest BCUT2D eigenvalue weighted by Crippen LogP contribution is 2.43. The Labute approximate surface area is 330 Å². The van der Waals surface area contributed by atoms with Crippen LogP contribution in [0.15, 0.2) is 212 Å². The normalized spacial score (nSPS) is 12.1. The van der Waals surface area contributed by atoms with Gasteiger partial charge in [-0.15, -0.1) is 0 Å². The SMILES string of the molecule is C=C/C=C(\C=C)c1cc(-c2ccccc2)c2c3cc(-c4ccc5c(c4)c4ccccc4n5-c4ccc5oc6ccccc6c5c4)ccc3n(-c3ccccc3)c2c1. The van der Waals surface area contributed by atoms with E-state index in [1.807, 2.05) is 30.4 Å². The first-order chi connectivity index (χ1) is 28.2. The first-order valence-corrected chi connectivity index (χ1v) is 19.3. The predicted molar refractivity (Wildman–Crippen MR) is 242 cm³/mol. The number of hydrogen-bond acceptors (Lipinski definition) is 1. The van der Waals surface area contributed by atoms with Crippen LogP contribution in [0.2, 0.25) is 0 Å². The number of rotatable bonds is 7. The molecule has 0 saturated heterocycles. The van der Waals surface area contributed by atoms with Gasteiger partial charge in [0.2, 0.25) is 0 Å². The van der Waals surface area contributed by atoms with Crippen molar-refractivity contribution < 1.29 is 4.42 Å². The molecular formula is C54H36N2O. The van der Waals surface area contributed by atoms with Crippen LogP contribution in [0.1, 0.15) is 5.56 Å². The van der Waals surface area contributed by atoms with Gasteiger partial charge in [-0.25, -0.2) is 0 Å². The van der Waals surface area contributed by atoms with Crippen LogP contribution in [0.4, 0.5) is 0 Å². The lowest BCUT2D eigenvalue weighted by Crippen LogP contribution is -1.94. The van der Waals surface area contributed by atoms with E-state index in [0.29, 0.717) is 0 Å². The number of allylic oxidation sites excluding steroid dienone is 4. The van der Waals surface area contributed by atoms with Crippen LogP contribution in [0.5, 0.6) is 0 Å². The zero-order valence-electron chi connectivity index (χ0n) is 31.2. The molecule has 0 unspecified atom stereocenters. The first kappa shape index (κ1) is 32.8. The fraction of sp³-hybridized carbons (Fsp3) is 0. The molecule has 3 heteroatoms. The number of para-hydroxylation sites is 3. The summed E-state index contributed by atoms with van der Waals surface area (Å²) >= 11 is 0. The number of furan rings is 1. The molecule has 0 aliphatic rings. The minimum absolute atomic E-state index is 0.896. The van der Waals surface area contributed by atoms with Gasteiger partial charge in [-0.3, -0.25) is 0 Å². The van der Waals surface area contributed by atoms with Crippen molar-refractivity contribution in [3.05, 3.63) is 213 Å². The molecule has 11 aromatic rings. The van der Waals surface area contributed by atoms with Gasteiger partial charge in [0.15, 0.2) is 0 Å². The van der Waals surface area contributed by atoms with E-state index in [2.05, 4.69) is 186 Å². The summed E-state index contributed by atoms with van der Waals surface area (Å²) in [6, 6.07) is 63.4. The van der Waals surface area contributed by atoms with Crippen molar-refractivity contribution in [3.8, 4) is 33.6 Å². The highest BCUT2D eigenvalue weighted by Gasteiger charge is 2.20. The van der Waals surface area contributed by atoms with Crippen LogP contribution in [-0.2, 0) is 0 Å². The third kappa shape index (κ3) is 5.13. The molecule has 57 heavy (non-hydrogen) atoms. The van der Waals surface area contributed by atoms with Crippen molar-refractivity contribution in [1.29, 1.82) is 0 Å². The Kier molecular flexibility index (Phi) is 7.48. The largest absolute Gasteiger partial charge is 0.456 e. The average Bonchev–Trinajstić information content (AvgIpc) is 3.92. The monoisotopic (exact) mass is 728 g/mol. The van der Waals surface area contributed by atoms with Crippen molar-refractivity contribution in [2.45, 2.75) is 0 Å². The summed E-state index contributed by atoms with van der Waals surface area (Å²) in [4.78, 5) is 0. The molecule has 8 aromatic carbocycles. The summed E-state index contributed by atoms with van der Waals surface area (Å²) in [6.45, 7) is 8.15. The lowest BCUT2D eigenvalue weighted by Gasteiger charge is -2.12. The molecule has 3 nitrogen and oxygen atoms in total. The molecule has 0 saturated carbocycles. The minimum Gasteiger partial charge on any atom is -0.456 e. The third-order valence-corrected chi connectivity index (χ3v) is 11.4. The predicted octanol–water partition coefficient (Wildman–Crippen LogP) is 14.9. The second-order valence-electron chi connectivity index (χ2n) is 14.6. The van der Waals surface area contributed by atoms with Crippen molar-refractivity contribution in [2.24, 2.45) is 0 Å². The summed E-state index contributed by atoms with van der Waals surface area (Å²) in [5.41, 5.74) is 15.5. The second-order valence-corrected chi connectivity index (χ2v) is 14.6. The molecule has 0 fully saturated rings. The van der Waals surface area contributed by atoms with Crippen LogP contribution in [-0.4, -0.2) is 9.13 Å². The van der Waals surface area contributed by atoms with Crippen molar-refractivity contribution in [2.75, 3.05) is 0 Å². The maximum Gasteiger partial charge on any atom is 0.135 e.